The molecule has 1 aliphatic rings. The van der Waals surface area contributed by atoms with Gasteiger partial charge in [-0.2, -0.15) is 0 Å². The van der Waals surface area contributed by atoms with Gasteiger partial charge in [-0.1, -0.05) is 59.1 Å². The molecule has 0 spiro atoms. The molecule has 0 unspecified atom stereocenters. The van der Waals surface area contributed by atoms with E-state index in [0.29, 0.717) is 17.2 Å². The normalized spacial score (nSPS) is 16.2. The smallest absolute Gasteiger partial charge is 0.230 e. The predicted molar refractivity (Wildman–Crippen MR) is 93.8 cm³/mol. The third kappa shape index (κ3) is 2.62. The molecule has 0 radical (unpaired) electrons. The lowest BCUT2D eigenvalue weighted by Crippen LogP contribution is -2.34. The summed E-state index contributed by atoms with van der Waals surface area (Å²) in [5, 5.41) is 7.59. The fourth-order valence-corrected chi connectivity index (χ4v) is 3.11. The molecule has 2 heterocycles. The van der Waals surface area contributed by atoms with Gasteiger partial charge < -0.3 is 5.32 Å². The number of halogens is 4. The molecule has 0 aliphatic carbocycles. The molecule has 1 aromatic heterocycles. The van der Waals surface area contributed by atoms with Gasteiger partial charge in [-0.15, -0.1) is 5.10 Å². The number of para-hydroxylation sites is 1. The van der Waals surface area contributed by atoms with E-state index in [1.165, 1.54) is 16.8 Å². The molecule has 1 N–H and O–H groups in total. The van der Waals surface area contributed by atoms with Crippen molar-refractivity contribution >= 4 is 40.5 Å². The summed E-state index contributed by atoms with van der Waals surface area (Å²) in [7, 11) is 0. The predicted octanol–water partition coefficient (Wildman–Crippen LogP) is 5.05. The lowest BCUT2D eigenvalue weighted by Gasteiger charge is -2.32. The molecule has 0 saturated heterocycles. The van der Waals surface area contributed by atoms with Gasteiger partial charge in [-0.05, 0) is 24.3 Å². The minimum absolute atomic E-state index is 0.363. The largest absolute Gasteiger partial charge is 0.360 e. The minimum Gasteiger partial charge on any atom is -0.360 e. The Morgan fingerprint density at radius 3 is 2.62 bits per heavy atom. The Balaban J connectivity index is 1.92. The molecule has 4 nitrogen and oxygen atoms in total. The van der Waals surface area contributed by atoms with Crippen molar-refractivity contribution in [2.75, 3.05) is 5.32 Å². The van der Waals surface area contributed by atoms with Crippen LogP contribution in [0.4, 0.5) is 10.1 Å². The molecule has 0 saturated carbocycles. The van der Waals surface area contributed by atoms with E-state index in [-0.39, 0.29) is 5.82 Å². The van der Waals surface area contributed by atoms with E-state index in [0.717, 1.165) is 11.3 Å². The van der Waals surface area contributed by atoms with Crippen LogP contribution in [-0.4, -0.2) is 18.6 Å². The van der Waals surface area contributed by atoms with Gasteiger partial charge >= 0.3 is 0 Å². The maximum absolute atomic E-state index is 13.5. The van der Waals surface area contributed by atoms with Gasteiger partial charge in [-0.3, -0.25) is 0 Å². The molecule has 4 rings (SSSR count). The number of alkyl halides is 3. The zero-order chi connectivity index (χ0) is 16.9. The summed E-state index contributed by atoms with van der Waals surface area (Å²) < 4.78 is 13.4. The average Bonchev–Trinajstić information content (AvgIpc) is 2.98. The Morgan fingerprint density at radius 2 is 1.88 bits per heavy atom. The van der Waals surface area contributed by atoms with Crippen molar-refractivity contribution in [2.45, 2.75) is 9.96 Å². The van der Waals surface area contributed by atoms with E-state index in [2.05, 4.69) is 15.4 Å². The highest BCUT2D eigenvalue weighted by molar-refractivity contribution is 6.68. The first-order valence-corrected chi connectivity index (χ1v) is 8.22. The van der Waals surface area contributed by atoms with Crippen molar-refractivity contribution in [3.05, 3.63) is 54.3 Å². The second-order valence-electron chi connectivity index (χ2n) is 5.35. The van der Waals surface area contributed by atoms with Gasteiger partial charge in [0.25, 0.3) is 0 Å². The maximum atomic E-state index is 13.5. The van der Waals surface area contributed by atoms with Crippen molar-refractivity contribution in [3.8, 4) is 22.8 Å². The SMILES string of the molecule is Fc1cccc(-c2nc3n(n2)[C@@H](C(Cl)(Cl)Cl)Nc2ccccc2-3)c1. The Bertz CT molecular complexity index is 920. The van der Waals surface area contributed by atoms with Crippen molar-refractivity contribution in [2.24, 2.45) is 0 Å². The number of benzene rings is 2. The van der Waals surface area contributed by atoms with E-state index >= 15 is 0 Å². The maximum Gasteiger partial charge on any atom is 0.230 e. The second kappa shape index (κ2) is 5.62. The van der Waals surface area contributed by atoms with Gasteiger partial charge in [0.2, 0.25) is 3.79 Å². The van der Waals surface area contributed by atoms with Crippen LogP contribution in [-0.2, 0) is 0 Å². The summed E-state index contributed by atoms with van der Waals surface area (Å²) in [4.78, 5) is 4.54. The van der Waals surface area contributed by atoms with E-state index in [4.69, 9.17) is 34.8 Å². The Labute approximate surface area is 152 Å². The average molecular weight is 384 g/mol. The van der Waals surface area contributed by atoms with Gasteiger partial charge in [0, 0.05) is 16.8 Å². The van der Waals surface area contributed by atoms with E-state index in [9.17, 15) is 4.39 Å². The van der Waals surface area contributed by atoms with Crippen molar-refractivity contribution in [1.29, 1.82) is 0 Å². The van der Waals surface area contributed by atoms with Crippen LogP contribution >= 0.6 is 34.8 Å². The van der Waals surface area contributed by atoms with Crippen LogP contribution in [0.3, 0.4) is 0 Å². The highest BCUT2D eigenvalue weighted by Gasteiger charge is 2.40. The van der Waals surface area contributed by atoms with Crippen LogP contribution in [0.15, 0.2) is 48.5 Å². The van der Waals surface area contributed by atoms with Gasteiger partial charge in [0.15, 0.2) is 17.8 Å². The molecule has 24 heavy (non-hydrogen) atoms. The fourth-order valence-electron chi connectivity index (χ4n) is 2.67. The van der Waals surface area contributed by atoms with Crippen LogP contribution < -0.4 is 5.32 Å². The molecule has 3 aromatic rings. The number of anilines is 1. The number of nitrogens with one attached hydrogen (secondary N) is 1. The summed E-state index contributed by atoms with van der Waals surface area (Å²) in [6, 6.07) is 13.6. The Kier molecular flexibility index (Phi) is 3.67. The molecule has 8 heteroatoms. The number of rotatable bonds is 1. The molecule has 2 aromatic carbocycles. The standard InChI is InChI=1S/C16H10Cl3FN4/c17-16(18,19)15-21-12-7-2-1-6-11(12)14-22-13(23-24(14)15)9-4-3-5-10(20)8-9/h1-8,15,21H/t15-/m0/s1. The van der Waals surface area contributed by atoms with E-state index in [1.54, 1.807) is 12.1 Å². The number of fused-ring (bicyclic) bond motifs is 3. The third-order valence-electron chi connectivity index (χ3n) is 3.73. The number of aromatic nitrogens is 3. The van der Waals surface area contributed by atoms with Crippen LogP contribution in [0.1, 0.15) is 6.17 Å². The van der Waals surface area contributed by atoms with Crippen molar-refractivity contribution in [1.82, 2.24) is 14.8 Å². The summed E-state index contributed by atoms with van der Waals surface area (Å²) in [6.45, 7) is 0. The molecule has 1 atom stereocenters. The van der Waals surface area contributed by atoms with Gasteiger partial charge in [-0.25, -0.2) is 14.1 Å². The summed E-state index contributed by atoms with van der Waals surface area (Å²) in [5.74, 6) is 0.555. The molecular formula is C16H10Cl3FN4. The molecule has 0 fully saturated rings. The molecule has 0 bridgehead atoms. The van der Waals surface area contributed by atoms with Crippen LogP contribution in [0.2, 0.25) is 0 Å². The van der Waals surface area contributed by atoms with Gasteiger partial charge in [0.1, 0.15) is 5.82 Å². The van der Waals surface area contributed by atoms with E-state index in [1.807, 2.05) is 24.3 Å². The van der Waals surface area contributed by atoms with Crippen LogP contribution in [0, 0.1) is 5.82 Å². The second-order valence-corrected chi connectivity index (χ2v) is 7.72. The molecule has 122 valence electrons. The third-order valence-corrected chi connectivity index (χ3v) is 4.35. The monoisotopic (exact) mass is 382 g/mol. The lowest BCUT2D eigenvalue weighted by molar-refractivity contribution is 0.510. The van der Waals surface area contributed by atoms with Crippen molar-refractivity contribution in [3.63, 3.8) is 0 Å². The summed E-state index contributed by atoms with van der Waals surface area (Å²) >= 11 is 18.3. The van der Waals surface area contributed by atoms with E-state index < -0.39 is 9.96 Å². The summed E-state index contributed by atoms with van der Waals surface area (Å²) in [5.41, 5.74) is 2.18. The highest BCUT2D eigenvalue weighted by atomic mass is 35.6. The number of hydrogen-bond acceptors (Lipinski definition) is 3. The first-order valence-electron chi connectivity index (χ1n) is 7.08. The topological polar surface area (TPSA) is 42.7 Å². The van der Waals surface area contributed by atoms with Crippen LogP contribution in [0.25, 0.3) is 22.8 Å². The lowest BCUT2D eigenvalue weighted by atomic mass is 10.1. The quantitative estimate of drug-likeness (QED) is 0.598. The number of hydrogen-bond donors (Lipinski definition) is 1. The van der Waals surface area contributed by atoms with Crippen LogP contribution in [0.5, 0.6) is 0 Å². The fraction of sp³-hybridized carbons (Fsp3) is 0.125. The Morgan fingerprint density at radius 1 is 1.08 bits per heavy atom. The molecule has 0 amide bonds. The first kappa shape index (κ1) is 15.7. The van der Waals surface area contributed by atoms with Gasteiger partial charge in [0.05, 0.1) is 0 Å². The van der Waals surface area contributed by atoms with Crippen molar-refractivity contribution < 1.29 is 4.39 Å². The highest BCUT2D eigenvalue weighted by Crippen LogP contribution is 2.45. The minimum atomic E-state index is -1.64. The number of nitrogens with zero attached hydrogens (tertiary/aromatic N) is 3. The Hall–Kier alpha value is -1.82. The molecule has 1 aliphatic heterocycles. The molecular weight excluding hydrogens is 374 g/mol. The first-order chi connectivity index (χ1) is 11.4. The zero-order valence-corrected chi connectivity index (χ0v) is 14.3. The zero-order valence-electron chi connectivity index (χ0n) is 12.0. The summed E-state index contributed by atoms with van der Waals surface area (Å²) in [6.07, 6.45) is -0.734.